The molecule has 0 aromatic heterocycles. The van der Waals surface area contributed by atoms with Crippen LogP contribution in [0.3, 0.4) is 0 Å². The van der Waals surface area contributed by atoms with Gasteiger partial charge in [-0.3, -0.25) is 10.0 Å². The van der Waals surface area contributed by atoms with Crippen LogP contribution in [0.25, 0.3) is 0 Å². The van der Waals surface area contributed by atoms with E-state index in [1.54, 1.807) is 24.3 Å². The van der Waals surface area contributed by atoms with Gasteiger partial charge in [0.25, 0.3) is 0 Å². The molecule has 4 aliphatic heterocycles. The predicted octanol–water partition coefficient (Wildman–Crippen LogP) is 8.71. The molecular weight excluding hydrogens is 757 g/mol. The lowest BCUT2D eigenvalue weighted by molar-refractivity contribution is 0.0685. The fourth-order valence-electron chi connectivity index (χ4n) is 10.3. The molecule has 0 saturated heterocycles. The van der Waals surface area contributed by atoms with Crippen molar-refractivity contribution in [3.63, 3.8) is 0 Å². The second-order valence-corrected chi connectivity index (χ2v) is 16.8. The molecule has 12 heteroatoms. The summed E-state index contributed by atoms with van der Waals surface area (Å²) in [6.07, 6.45) is 9.68. The summed E-state index contributed by atoms with van der Waals surface area (Å²) in [5, 5.41) is 51.6. The summed E-state index contributed by atoms with van der Waals surface area (Å²) < 4.78 is 12.1. The van der Waals surface area contributed by atoms with Crippen molar-refractivity contribution in [3.8, 4) is 23.6 Å². The van der Waals surface area contributed by atoms with Gasteiger partial charge in [0.05, 0.1) is 94.3 Å². The molecule has 0 bridgehead atoms. The number of anilines is 2. The van der Waals surface area contributed by atoms with Gasteiger partial charge < -0.3 is 19.7 Å². The number of hydrazone groups is 2. The molecule has 6 aliphatic rings. The summed E-state index contributed by atoms with van der Waals surface area (Å²) in [6, 6.07) is 26.7. The SMILES string of the molecule is Cc1cc(N2N=C3c4ccc(C(=O)O)cc4OC[C@@H]3[C@@H]2C2CCCC2)ccc1C#N.Cc1cc(N2N=C3c4ccc(C(=O)O)cc4OC[C@H]3[C@@H]2C2CCCC2)ccc1C#N. The van der Waals surface area contributed by atoms with Crippen LogP contribution in [-0.4, -0.2) is 58.9 Å². The van der Waals surface area contributed by atoms with E-state index >= 15 is 0 Å². The van der Waals surface area contributed by atoms with Gasteiger partial charge in [0.1, 0.15) is 11.5 Å². The molecule has 4 heterocycles. The Morgan fingerprint density at radius 2 is 1.02 bits per heavy atom. The first-order chi connectivity index (χ1) is 29.1. The van der Waals surface area contributed by atoms with Crippen LogP contribution in [0, 0.1) is 60.2 Å². The van der Waals surface area contributed by atoms with Gasteiger partial charge in [-0.1, -0.05) is 25.7 Å². The van der Waals surface area contributed by atoms with E-state index in [-0.39, 0.29) is 35.0 Å². The number of fused-ring (bicyclic) bond motifs is 6. The van der Waals surface area contributed by atoms with Gasteiger partial charge >= 0.3 is 11.9 Å². The number of carbonyl (C=O) groups is 2. The van der Waals surface area contributed by atoms with Crippen LogP contribution in [0.4, 0.5) is 11.4 Å². The number of carboxylic acid groups (broad SMARTS) is 2. The van der Waals surface area contributed by atoms with Gasteiger partial charge in [0.2, 0.25) is 0 Å². The van der Waals surface area contributed by atoms with E-state index in [9.17, 15) is 30.3 Å². The number of hydrogen-bond acceptors (Lipinski definition) is 10. The molecule has 4 aromatic rings. The average Bonchev–Trinajstić information content (AvgIpc) is 4.10. The fraction of sp³-hybridized carbons (Fsp3) is 0.375. The minimum atomic E-state index is -0.963. The first-order valence-corrected chi connectivity index (χ1v) is 20.9. The Bertz CT molecular complexity index is 2370. The topological polar surface area (TPSA) is 172 Å². The van der Waals surface area contributed by atoms with Gasteiger partial charge in [-0.2, -0.15) is 20.7 Å². The third-order valence-corrected chi connectivity index (χ3v) is 13.3. The summed E-state index contributed by atoms with van der Waals surface area (Å²) in [5.74, 6) is 0.623. The number of aryl methyl sites for hydroxylation is 2. The minimum Gasteiger partial charge on any atom is -0.492 e. The number of rotatable bonds is 6. The highest BCUT2D eigenvalue weighted by atomic mass is 16.5. The monoisotopic (exact) mass is 802 g/mol. The summed E-state index contributed by atoms with van der Waals surface area (Å²) in [6.45, 7) is 4.91. The van der Waals surface area contributed by atoms with Crippen molar-refractivity contribution in [1.82, 2.24) is 0 Å². The van der Waals surface area contributed by atoms with Crippen LogP contribution < -0.4 is 19.5 Å². The molecular formula is C48H46N6O6. The maximum Gasteiger partial charge on any atom is 0.335 e. The Morgan fingerprint density at radius 3 is 1.37 bits per heavy atom. The zero-order chi connectivity index (χ0) is 41.7. The number of carboxylic acids is 2. The van der Waals surface area contributed by atoms with Crippen molar-refractivity contribution in [2.24, 2.45) is 33.9 Å². The van der Waals surface area contributed by atoms with Crippen LogP contribution >= 0.6 is 0 Å². The Labute approximate surface area is 349 Å². The first kappa shape index (κ1) is 38.8. The molecule has 4 aromatic carbocycles. The molecule has 2 N–H and O–H groups in total. The first-order valence-electron chi connectivity index (χ1n) is 20.9. The Kier molecular flexibility index (Phi) is 10.2. The second-order valence-electron chi connectivity index (χ2n) is 16.8. The van der Waals surface area contributed by atoms with Crippen molar-refractivity contribution in [2.45, 2.75) is 77.3 Å². The summed E-state index contributed by atoms with van der Waals surface area (Å²) >= 11 is 0. The number of nitriles is 2. The average molecular weight is 803 g/mol. The lowest BCUT2D eigenvalue weighted by Gasteiger charge is -2.34. The zero-order valence-corrected chi connectivity index (χ0v) is 33.7. The van der Waals surface area contributed by atoms with Crippen molar-refractivity contribution in [3.05, 3.63) is 117 Å². The fourth-order valence-corrected chi connectivity index (χ4v) is 10.3. The molecule has 60 heavy (non-hydrogen) atoms. The van der Waals surface area contributed by atoms with E-state index in [0.717, 1.165) is 45.1 Å². The van der Waals surface area contributed by atoms with E-state index in [1.165, 1.54) is 51.4 Å². The maximum absolute atomic E-state index is 11.3. The summed E-state index contributed by atoms with van der Waals surface area (Å²) in [5.41, 5.74) is 9.39. The largest absolute Gasteiger partial charge is 0.492 e. The molecule has 0 spiro atoms. The van der Waals surface area contributed by atoms with E-state index in [4.69, 9.17) is 19.7 Å². The van der Waals surface area contributed by atoms with Gasteiger partial charge in [-0.15, -0.1) is 0 Å². The lowest BCUT2D eigenvalue weighted by atomic mass is 9.81. The number of hydrogen-bond donors (Lipinski definition) is 2. The zero-order valence-electron chi connectivity index (χ0n) is 33.7. The molecule has 4 atom stereocenters. The highest BCUT2D eigenvalue weighted by Crippen LogP contribution is 2.46. The molecule has 12 nitrogen and oxygen atoms in total. The third kappa shape index (κ3) is 6.90. The van der Waals surface area contributed by atoms with Crippen LogP contribution in [0.2, 0.25) is 0 Å². The quantitative estimate of drug-likeness (QED) is 0.192. The van der Waals surface area contributed by atoms with Gasteiger partial charge in [-0.25, -0.2) is 9.59 Å². The molecule has 2 fully saturated rings. The molecule has 2 aliphatic carbocycles. The lowest BCUT2D eigenvalue weighted by Crippen LogP contribution is -2.43. The number of aromatic carboxylic acids is 2. The van der Waals surface area contributed by atoms with E-state index in [1.807, 2.05) is 62.4 Å². The van der Waals surface area contributed by atoms with Crippen molar-refractivity contribution < 1.29 is 29.3 Å². The normalized spacial score (nSPS) is 22.7. The van der Waals surface area contributed by atoms with E-state index in [0.29, 0.717) is 47.7 Å². The molecule has 304 valence electrons. The van der Waals surface area contributed by atoms with Crippen molar-refractivity contribution in [2.75, 3.05) is 23.2 Å². The smallest absolute Gasteiger partial charge is 0.335 e. The molecule has 0 unspecified atom stereocenters. The summed E-state index contributed by atoms with van der Waals surface area (Å²) in [4.78, 5) is 22.7. The van der Waals surface area contributed by atoms with Gasteiger partial charge in [0.15, 0.2) is 0 Å². The highest BCUT2D eigenvalue weighted by molar-refractivity contribution is 6.09. The Balaban J connectivity index is 0.000000154. The molecule has 0 amide bonds. The molecule has 2 saturated carbocycles. The predicted molar refractivity (Wildman–Crippen MR) is 226 cm³/mol. The van der Waals surface area contributed by atoms with Crippen LogP contribution in [0.5, 0.6) is 11.5 Å². The molecule has 10 rings (SSSR count). The van der Waals surface area contributed by atoms with E-state index < -0.39 is 11.9 Å². The van der Waals surface area contributed by atoms with Gasteiger partial charge in [-0.05, 0) is 135 Å². The Hall–Kier alpha value is -6.66. The van der Waals surface area contributed by atoms with Gasteiger partial charge in [0, 0.05) is 11.1 Å². The van der Waals surface area contributed by atoms with E-state index in [2.05, 4.69) is 22.2 Å². The standard InChI is InChI=1S/2C24H23N3O3/c2*1-14-10-18(8-6-17(14)12-25)27-23(15-4-2-3-5-15)20-13-30-21-11-16(24(28)29)7-9-19(21)22(20)26-27/h2*6-11,15,20,23H,2-5,13H2,1H3,(H,28,29)/t20-,23+;20-,23-/m10/s1. The maximum atomic E-state index is 11.3. The van der Waals surface area contributed by atoms with Crippen molar-refractivity contribution >= 4 is 34.7 Å². The summed E-state index contributed by atoms with van der Waals surface area (Å²) in [7, 11) is 0. The molecule has 0 radical (unpaired) electrons. The highest BCUT2D eigenvalue weighted by Gasteiger charge is 2.48. The van der Waals surface area contributed by atoms with Crippen LogP contribution in [0.15, 0.2) is 83.0 Å². The number of benzene rings is 4. The minimum absolute atomic E-state index is 0.146. The Morgan fingerprint density at radius 1 is 0.617 bits per heavy atom. The third-order valence-electron chi connectivity index (χ3n) is 13.3. The van der Waals surface area contributed by atoms with Crippen LogP contribution in [0.1, 0.15) is 105 Å². The van der Waals surface area contributed by atoms with Crippen molar-refractivity contribution in [1.29, 1.82) is 10.5 Å². The second kappa shape index (κ2) is 15.8. The number of ether oxygens (including phenoxy) is 2. The number of nitrogens with zero attached hydrogens (tertiary/aromatic N) is 6. The van der Waals surface area contributed by atoms with Crippen LogP contribution in [-0.2, 0) is 0 Å².